The first-order valence-electron chi connectivity index (χ1n) is 8.06. The van der Waals surface area contributed by atoms with Crippen molar-refractivity contribution in [2.45, 2.75) is 17.0 Å². The number of thioether (sulfide) groups is 1. The summed E-state index contributed by atoms with van der Waals surface area (Å²) in [6.45, 7) is 0.721. The number of benzene rings is 2. The van der Waals surface area contributed by atoms with E-state index in [1.807, 2.05) is 41.7 Å². The molecule has 8 heteroatoms. The van der Waals surface area contributed by atoms with E-state index in [9.17, 15) is 14.4 Å². The summed E-state index contributed by atoms with van der Waals surface area (Å²) in [7, 11) is 0. The molecule has 0 fully saturated rings. The molecule has 6 nitrogen and oxygen atoms in total. The maximum absolute atomic E-state index is 11.9. The molecular formula is C19H16N2O4S2. The monoisotopic (exact) mass is 400 g/mol. The van der Waals surface area contributed by atoms with Gasteiger partial charge in [-0.05, 0) is 29.8 Å². The van der Waals surface area contributed by atoms with E-state index in [4.69, 9.17) is 4.74 Å². The van der Waals surface area contributed by atoms with Crippen LogP contribution < -0.4 is 5.32 Å². The van der Waals surface area contributed by atoms with Crippen LogP contribution in [0.1, 0.15) is 22.8 Å². The molecule has 0 radical (unpaired) electrons. The van der Waals surface area contributed by atoms with Crippen molar-refractivity contribution in [3.63, 3.8) is 0 Å². The lowest BCUT2D eigenvalue weighted by Gasteiger charge is -2.05. The number of aromatic nitrogens is 1. The predicted molar refractivity (Wildman–Crippen MR) is 105 cm³/mol. The third-order valence-electron chi connectivity index (χ3n) is 3.48. The van der Waals surface area contributed by atoms with Crippen molar-refractivity contribution in [2.75, 3.05) is 6.61 Å². The number of fused-ring (bicyclic) bond motifs is 1. The summed E-state index contributed by atoms with van der Waals surface area (Å²) in [5, 5.41) is 2.04. The van der Waals surface area contributed by atoms with E-state index in [0.717, 1.165) is 25.9 Å². The number of esters is 1. The molecule has 0 saturated carbocycles. The molecule has 3 rings (SSSR count). The normalized spacial score (nSPS) is 10.6. The van der Waals surface area contributed by atoms with Crippen molar-refractivity contribution in [3.8, 4) is 0 Å². The molecule has 0 saturated heterocycles. The van der Waals surface area contributed by atoms with Gasteiger partial charge in [0.25, 0.3) is 5.91 Å². The van der Waals surface area contributed by atoms with Gasteiger partial charge in [-0.15, -0.1) is 11.3 Å². The highest BCUT2D eigenvalue weighted by Crippen LogP contribution is 2.31. The number of nitrogens with zero attached hydrogens (tertiary/aromatic N) is 1. The molecule has 138 valence electrons. The average Bonchev–Trinajstić information content (AvgIpc) is 3.07. The minimum absolute atomic E-state index is 0.347. The first-order valence-corrected chi connectivity index (χ1v) is 9.86. The molecular weight excluding hydrogens is 384 g/mol. The number of carbonyl (C=O) groups is 3. The molecule has 0 aliphatic carbocycles. The number of para-hydroxylation sites is 1. The lowest BCUT2D eigenvalue weighted by molar-refractivity contribution is -0.131. The van der Waals surface area contributed by atoms with E-state index < -0.39 is 24.4 Å². The van der Waals surface area contributed by atoms with Gasteiger partial charge >= 0.3 is 5.97 Å². The zero-order valence-corrected chi connectivity index (χ0v) is 16.1. The third kappa shape index (κ3) is 5.38. The second kappa shape index (κ2) is 8.79. The molecule has 2 amide bonds. The Morgan fingerprint density at radius 2 is 1.85 bits per heavy atom. The van der Waals surface area contributed by atoms with Crippen molar-refractivity contribution >= 4 is 51.1 Å². The summed E-state index contributed by atoms with van der Waals surface area (Å²) in [4.78, 5) is 38.6. The Hall–Kier alpha value is -2.71. The second-order valence-electron chi connectivity index (χ2n) is 5.61. The highest BCUT2D eigenvalue weighted by Gasteiger charge is 2.11. The number of thiazole rings is 1. The van der Waals surface area contributed by atoms with Gasteiger partial charge < -0.3 is 4.74 Å². The standard InChI is InChI=1S/C19H16N2O4S2/c1-12(22)20-17(23)10-25-18(24)14-8-6-13(7-9-14)11-26-19-21-15-4-2-3-5-16(15)27-19/h2-9H,10-11H2,1H3,(H,20,22,23). The predicted octanol–water partition coefficient (Wildman–Crippen LogP) is 3.41. The van der Waals surface area contributed by atoms with Crippen LogP contribution >= 0.6 is 23.1 Å². The Morgan fingerprint density at radius 3 is 2.56 bits per heavy atom. The molecule has 0 aliphatic heterocycles. The van der Waals surface area contributed by atoms with Gasteiger partial charge in [0, 0.05) is 12.7 Å². The summed E-state index contributed by atoms with van der Waals surface area (Å²) in [6.07, 6.45) is 0. The minimum Gasteiger partial charge on any atom is -0.452 e. The van der Waals surface area contributed by atoms with Crippen molar-refractivity contribution in [1.82, 2.24) is 10.3 Å². The number of carbonyl (C=O) groups excluding carboxylic acids is 3. The lowest BCUT2D eigenvalue weighted by Crippen LogP contribution is -2.32. The fourth-order valence-electron chi connectivity index (χ4n) is 2.24. The first kappa shape index (κ1) is 19.1. The van der Waals surface area contributed by atoms with Gasteiger partial charge in [-0.1, -0.05) is 36.0 Å². The van der Waals surface area contributed by atoms with Crippen LogP contribution in [0.4, 0.5) is 0 Å². The van der Waals surface area contributed by atoms with Crippen molar-refractivity contribution in [3.05, 3.63) is 59.7 Å². The molecule has 0 bridgehead atoms. The first-order chi connectivity index (χ1) is 13.0. The molecule has 0 unspecified atom stereocenters. The zero-order valence-electron chi connectivity index (χ0n) is 14.4. The molecule has 3 aromatic rings. The van der Waals surface area contributed by atoms with Gasteiger partial charge in [-0.3, -0.25) is 14.9 Å². The minimum atomic E-state index is -0.653. The van der Waals surface area contributed by atoms with Gasteiger partial charge in [-0.2, -0.15) is 0 Å². The molecule has 1 N–H and O–H groups in total. The van der Waals surface area contributed by atoms with Gasteiger partial charge in [0.1, 0.15) is 0 Å². The maximum atomic E-state index is 11.9. The van der Waals surface area contributed by atoms with Crippen molar-refractivity contribution < 1.29 is 19.1 Å². The fraction of sp³-hybridized carbons (Fsp3) is 0.158. The van der Waals surface area contributed by atoms with E-state index >= 15 is 0 Å². The molecule has 27 heavy (non-hydrogen) atoms. The van der Waals surface area contributed by atoms with Crippen LogP contribution in [0.2, 0.25) is 0 Å². The average molecular weight is 400 g/mol. The number of rotatable bonds is 6. The number of nitrogens with one attached hydrogen (secondary N) is 1. The number of imide groups is 1. The van der Waals surface area contributed by atoms with Crippen molar-refractivity contribution in [2.24, 2.45) is 0 Å². The second-order valence-corrected chi connectivity index (χ2v) is 7.87. The summed E-state index contributed by atoms with van der Waals surface area (Å²) < 4.78 is 7.03. The van der Waals surface area contributed by atoms with E-state index in [2.05, 4.69) is 4.98 Å². The molecule has 0 spiro atoms. The smallest absolute Gasteiger partial charge is 0.338 e. The van der Waals surface area contributed by atoms with Gasteiger partial charge in [0.2, 0.25) is 5.91 Å². The van der Waals surface area contributed by atoms with Crippen LogP contribution in [0.5, 0.6) is 0 Å². The summed E-state index contributed by atoms with van der Waals surface area (Å²) in [6, 6.07) is 15.0. The number of hydrogen-bond acceptors (Lipinski definition) is 7. The van der Waals surface area contributed by atoms with Gasteiger partial charge in [-0.25, -0.2) is 9.78 Å². The van der Waals surface area contributed by atoms with Crippen LogP contribution in [-0.2, 0) is 20.1 Å². The zero-order chi connectivity index (χ0) is 19.2. The number of hydrogen-bond donors (Lipinski definition) is 1. The van der Waals surface area contributed by atoms with E-state index in [1.54, 1.807) is 35.2 Å². The maximum Gasteiger partial charge on any atom is 0.338 e. The highest BCUT2D eigenvalue weighted by molar-refractivity contribution is 8.00. The number of ether oxygens (including phenoxy) is 1. The summed E-state index contributed by atoms with van der Waals surface area (Å²) >= 11 is 3.29. The van der Waals surface area contributed by atoms with Crippen LogP contribution in [0.15, 0.2) is 52.9 Å². The molecule has 0 atom stereocenters. The van der Waals surface area contributed by atoms with Gasteiger partial charge in [0.05, 0.1) is 15.8 Å². The Labute approximate surface area is 163 Å². The van der Waals surface area contributed by atoms with Gasteiger partial charge in [0.15, 0.2) is 10.9 Å². The molecule has 0 aliphatic rings. The fourth-order valence-corrected chi connectivity index (χ4v) is 4.27. The van der Waals surface area contributed by atoms with Crippen LogP contribution in [0.3, 0.4) is 0 Å². The van der Waals surface area contributed by atoms with E-state index in [-0.39, 0.29) is 0 Å². The SMILES string of the molecule is CC(=O)NC(=O)COC(=O)c1ccc(CSc2nc3ccccc3s2)cc1. The summed E-state index contributed by atoms with van der Waals surface area (Å²) in [5.74, 6) is -1.03. The Kier molecular flexibility index (Phi) is 6.20. The van der Waals surface area contributed by atoms with E-state index in [1.165, 1.54) is 6.92 Å². The van der Waals surface area contributed by atoms with Crippen molar-refractivity contribution in [1.29, 1.82) is 0 Å². The number of amides is 2. The topological polar surface area (TPSA) is 85.4 Å². The highest BCUT2D eigenvalue weighted by atomic mass is 32.2. The summed E-state index contributed by atoms with van der Waals surface area (Å²) in [5.41, 5.74) is 2.39. The molecule has 1 heterocycles. The Morgan fingerprint density at radius 1 is 1.11 bits per heavy atom. The third-order valence-corrected chi connectivity index (χ3v) is 5.73. The van der Waals surface area contributed by atoms with Crippen LogP contribution in [0, 0.1) is 0 Å². The molecule has 1 aromatic heterocycles. The Bertz CT molecular complexity index is 950. The largest absolute Gasteiger partial charge is 0.452 e. The van der Waals surface area contributed by atoms with Crippen LogP contribution in [-0.4, -0.2) is 29.4 Å². The Balaban J connectivity index is 1.52. The lowest BCUT2D eigenvalue weighted by atomic mass is 10.1. The molecule has 2 aromatic carbocycles. The van der Waals surface area contributed by atoms with E-state index in [0.29, 0.717) is 5.56 Å². The van der Waals surface area contributed by atoms with Crippen LogP contribution in [0.25, 0.3) is 10.2 Å². The quantitative estimate of drug-likeness (QED) is 0.504.